The number of hydrogen-bond acceptors (Lipinski definition) is 3. The lowest BCUT2D eigenvalue weighted by Crippen LogP contribution is -2.21. The Morgan fingerprint density at radius 3 is 2.70 bits per heavy atom. The maximum absolute atomic E-state index is 13.2. The summed E-state index contributed by atoms with van der Waals surface area (Å²) in [6.45, 7) is 1.53. The van der Waals surface area contributed by atoms with Gasteiger partial charge in [-0.2, -0.15) is 0 Å². The molecule has 0 aliphatic carbocycles. The van der Waals surface area contributed by atoms with Crippen molar-refractivity contribution in [2.45, 2.75) is 13.3 Å². The highest BCUT2D eigenvalue weighted by molar-refractivity contribution is 9.10. The standard InChI is InChI=1S/C17H15BrFNO3/c1-2-11-5-3-4-6-15(11)20-16(21)10-23-17(22)13-9-12(19)7-8-14(13)18/h3-9H,2,10H2,1H3,(H,20,21). The van der Waals surface area contributed by atoms with E-state index in [1.54, 1.807) is 6.07 Å². The second-order valence-electron chi connectivity index (χ2n) is 4.76. The zero-order valence-corrected chi connectivity index (χ0v) is 14.0. The number of carbonyl (C=O) groups is 2. The number of anilines is 1. The number of nitrogens with one attached hydrogen (secondary N) is 1. The Hall–Kier alpha value is -2.21. The molecule has 0 atom stereocenters. The van der Waals surface area contributed by atoms with E-state index in [2.05, 4.69) is 21.2 Å². The van der Waals surface area contributed by atoms with Gasteiger partial charge in [-0.25, -0.2) is 9.18 Å². The molecule has 4 nitrogen and oxygen atoms in total. The summed E-state index contributed by atoms with van der Waals surface area (Å²) in [5.41, 5.74) is 1.70. The summed E-state index contributed by atoms with van der Waals surface area (Å²) in [5, 5.41) is 2.69. The van der Waals surface area contributed by atoms with Crippen molar-refractivity contribution in [3.63, 3.8) is 0 Å². The Balaban J connectivity index is 1.96. The highest BCUT2D eigenvalue weighted by Gasteiger charge is 2.15. The molecule has 0 aliphatic heterocycles. The first-order valence-electron chi connectivity index (χ1n) is 7.01. The van der Waals surface area contributed by atoms with Crippen molar-refractivity contribution in [3.8, 4) is 0 Å². The van der Waals surface area contributed by atoms with Gasteiger partial charge in [-0.05, 0) is 52.2 Å². The van der Waals surface area contributed by atoms with Crippen LogP contribution in [0.15, 0.2) is 46.9 Å². The largest absolute Gasteiger partial charge is 0.452 e. The molecule has 0 spiro atoms. The lowest BCUT2D eigenvalue weighted by atomic mass is 10.1. The summed E-state index contributed by atoms with van der Waals surface area (Å²) in [4.78, 5) is 23.8. The van der Waals surface area contributed by atoms with Crippen LogP contribution < -0.4 is 5.32 Å². The molecule has 0 heterocycles. The van der Waals surface area contributed by atoms with E-state index < -0.39 is 24.3 Å². The van der Waals surface area contributed by atoms with E-state index in [1.807, 2.05) is 25.1 Å². The van der Waals surface area contributed by atoms with Crippen molar-refractivity contribution in [2.24, 2.45) is 0 Å². The van der Waals surface area contributed by atoms with E-state index >= 15 is 0 Å². The van der Waals surface area contributed by atoms with Gasteiger partial charge in [0.05, 0.1) is 5.56 Å². The van der Waals surface area contributed by atoms with Gasteiger partial charge >= 0.3 is 5.97 Å². The second-order valence-corrected chi connectivity index (χ2v) is 5.61. The molecule has 2 aromatic rings. The van der Waals surface area contributed by atoms with E-state index in [4.69, 9.17) is 4.74 Å². The van der Waals surface area contributed by atoms with Crippen LogP contribution in [0.4, 0.5) is 10.1 Å². The molecule has 0 fully saturated rings. The second kappa shape index (κ2) is 7.87. The molecule has 23 heavy (non-hydrogen) atoms. The fraction of sp³-hybridized carbons (Fsp3) is 0.176. The number of para-hydroxylation sites is 1. The number of amides is 1. The van der Waals surface area contributed by atoms with Gasteiger partial charge in [0.25, 0.3) is 5.91 Å². The van der Waals surface area contributed by atoms with Crippen LogP contribution in [-0.2, 0) is 16.0 Å². The van der Waals surface area contributed by atoms with Gasteiger partial charge in [0.15, 0.2) is 6.61 Å². The van der Waals surface area contributed by atoms with Crippen LogP contribution in [0.2, 0.25) is 0 Å². The lowest BCUT2D eigenvalue weighted by Gasteiger charge is -2.10. The van der Waals surface area contributed by atoms with Gasteiger partial charge in [-0.15, -0.1) is 0 Å². The molecule has 0 unspecified atom stereocenters. The Morgan fingerprint density at radius 1 is 1.22 bits per heavy atom. The van der Waals surface area contributed by atoms with Gasteiger partial charge in [0.2, 0.25) is 0 Å². The summed E-state index contributed by atoms with van der Waals surface area (Å²) in [6.07, 6.45) is 0.770. The zero-order chi connectivity index (χ0) is 16.8. The number of halogens is 2. The molecule has 2 rings (SSSR count). The fourth-order valence-corrected chi connectivity index (χ4v) is 2.41. The monoisotopic (exact) mass is 379 g/mol. The third kappa shape index (κ3) is 4.63. The predicted octanol–water partition coefficient (Wildman–Crippen LogP) is 3.95. The molecule has 0 saturated heterocycles. The molecule has 2 aromatic carbocycles. The van der Waals surface area contributed by atoms with Crippen LogP contribution in [0.5, 0.6) is 0 Å². The Morgan fingerprint density at radius 2 is 1.96 bits per heavy atom. The molecular weight excluding hydrogens is 365 g/mol. The van der Waals surface area contributed by atoms with Gasteiger partial charge < -0.3 is 10.1 Å². The number of aryl methyl sites for hydroxylation is 1. The highest BCUT2D eigenvalue weighted by atomic mass is 79.9. The Labute approximate surface area is 141 Å². The van der Waals surface area contributed by atoms with E-state index in [1.165, 1.54) is 12.1 Å². The quantitative estimate of drug-likeness (QED) is 0.800. The minimum absolute atomic E-state index is 0.0340. The van der Waals surface area contributed by atoms with Crippen LogP contribution in [0, 0.1) is 5.82 Å². The summed E-state index contributed by atoms with van der Waals surface area (Å²) >= 11 is 3.14. The number of hydrogen-bond donors (Lipinski definition) is 1. The Bertz CT molecular complexity index is 734. The van der Waals surface area contributed by atoms with Crippen molar-refractivity contribution in [1.82, 2.24) is 0 Å². The molecule has 0 radical (unpaired) electrons. The molecule has 1 N–H and O–H groups in total. The molecular formula is C17H15BrFNO3. The first kappa shape index (κ1) is 17.1. The van der Waals surface area contributed by atoms with Crippen LogP contribution in [0.25, 0.3) is 0 Å². The zero-order valence-electron chi connectivity index (χ0n) is 12.4. The summed E-state index contributed by atoms with van der Waals surface area (Å²) in [5.74, 6) is -1.77. The van der Waals surface area contributed by atoms with Gasteiger partial charge in [0, 0.05) is 10.2 Å². The number of esters is 1. The molecule has 0 aliphatic rings. The summed E-state index contributed by atoms with van der Waals surface area (Å²) < 4.78 is 18.5. The number of rotatable bonds is 5. The third-order valence-corrected chi connectivity index (χ3v) is 3.85. The summed E-state index contributed by atoms with van der Waals surface area (Å²) in [7, 11) is 0. The minimum Gasteiger partial charge on any atom is -0.452 e. The normalized spacial score (nSPS) is 10.2. The van der Waals surface area contributed by atoms with Crippen molar-refractivity contribution in [3.05, 3.63) is 63.9 Å². The van der Waals surface area contributed by atoms with Crippen LogP contribution in [-0.4, -0.2) is 18.5 Å². The van der Waals surface area contributed by atoms with E-state index in [9.17, 15) is 14.0 Å². The fourth-order valence-electron chi connectivity index (χ4n) is 2.00. The van der Waals surface area contributed by atoms with Gasteiger partial charge in [0.1, 0.15) is 5.82 Å². The lowest BCUT2D eigenvalue weighted by molar-refractivity contribution is -0.119. The van der Waals surface area contributed by atoms with Crippen molar-refractivity contribution >= 4 is 33.5 Å². The van der Waals surface area contributed by atoms with Gasteiger partial charge in [-0.1, -0.05) is 25.1 Å². The van der Waals surface area contributed by atoms with Crippen LogP contribution in [0.1, 0.15) is 22.8 Å². The maximum atomic E-state index is 13.2. The summed E-state index contributed by atoms with van der Waals surface area (Å²) in [6, 6.07) is 11.1. The van der Waals surface area contributed by atoms with Gasteiger partial charge in [-0.3, -0.25) is 4.79 Å². The topological polar surface area (TPSA) is 55.4 Å². The molecule has 6 heteroatoms. The first-order chi connectivity index (χ1) is 11.0. The third-order valence-electron chi connectivity index (χ3n) is 3.16. The predicted molar refractivity (Wildman–Crippen MR) is 88.8 cm³/mol. The van der Waals surface area contributed by atoms with E-state index in [0.29, 0.717) is 10.2 Å². The maximum Gasteiger partial charge on any atom is 0.339 e. The minimum atomic E-state index is -0.768. The number of ether oxygens (including phenoxy) is 1. The van der Waals surface area contributed by atoms with E-state index in [0.717, 1.165) is 18.1 Å². The van der Waals surface area contributed by atoms with Crippen molar-refractivity contribution < 1.29 is 18.7 Å². The number of benzene rings is 2. The van der Waals surface area contributed by atoms with E-state index in [-0.39, 0.29) is 5.56 Å². The number of carbonyl (C=O) groups excluding carboxylic acids is 2. The molecule has 120 valence electrons. The average Bonchev–Trinajstić information content (AvgIpc) is 2.55. The van der Waals surface area contributed by atoms with Crippen molar-refractivity contribution in [1.29, 1.82) is 0 Å². The molecule has 1 amide bonds. The SMILES string of the molecule is CCc1ccccc1NC(=O)COC(=O)c1cc(F)ccc1Br. The Kier molecular flexibility index (Phi) is 5.87. The van der Waals surface area contributed by atoms with Crippen LogP contribution in [0.3, 0.4) is 0 Å². The molecule has 0 saturated carbocycles. The smallest absolute Gasteiger partial charge is 0.339 e. The average molecular weight is 380 g/mol. The highest BCUT2D eigenvalue weighted by Crippen LogP contribution is 2.19. The first-order valence-corrected chi connectivity index (χ1v) is 7.80. The molecule has 0 bridgehead atoms. The van der Waals surface area contributed by atoms with Crippen molar-refractivity contribution in [2.75, 3.05) is 11.9 Å². The molecule has 0 aromatic heterocycles. The van der Waals surface area contributed by atoms with Crippen LogP contribution >= 0.6 is 15.9 Å².